The molecular weight excluding hydrogens is 186 g/mol. The highest BCUT2D eigenvalue weighted by molar-refractivity contribution is 5.03. The average molecular weight is 207 g/mol. The van der Waals surface area contributed by atoms with Crippen LogP contribution in [0.25, 0.3) is 0 Å². The zero-order valence-corrected chi connectivity index (χ0v) is 9.71. The molecule has 1 aliphatic rings. The molecule has 3 nitrogen and oxygen atoms in total. The van der Waals surface area contributed by atoms with Crippen molar-refractivity contribution in [3.63, 3.8) is 0 Å². The lowest BCUT2D eigenvalue weighted by molar-refractivity contribution is 0.300. The van der Waals surface area contributed by atoms with Gasteiger partial charge in [-0.05, 0) is 31.2 Å². The Morgan fingerprint density at radius 2 is 2.27 bits per heavy atom. The molecule has 0 aromatic carbocycles. The van der Waals surface area contributed by atoms with E-state index in [9.17, 15) is 0 Å². The highest BCUT2D eigenvalue weighted by Crippen LogP contribution is 2.37. The van der Waals surface area contributed by atoms with E-state index in [2.05, 4.69) is 29.4 Å². The third-order valence-corrected chi connectivity index (χ3v) is 3.63. The van der Waals surface area contributed by atoms with Gasteiger partial charge in [0.05, 0.1) is 5.69 Å². The second-order valence-corrected chi connectivity index (χ2v) is 5.13. The van der Waals surface area contributed by atoms with Gasteiger partial charge in [0.1, 0.15) is 0 Å². The molecule has 1 atom stereocenters. The van der Waals surface area contributed by atoms with Gasteiger partial charge in [0.15, 0.2) is 0 Å². The Labute approximate surface area is 91.7 Å². The summed E-state index contributed by atoms with van der Waals surface area (Å²) in [6, 6.07) is 2.42. The molecule has 1 aromatic heterocycles. The summed E-state index contributed by atoms with van der Waals surface area (Å²) in [5.41, 5.74) is 1.70. The smallest absolute Gasteiger partial charge is 0.0518 e. The van der Waals surface area contributed by atoms with Gasteiger partial charge in [0.25, 0.3) is 0 Å². The van der Waals surface area contributed by atoms with Crippen LogP contribution in [0.15, 0.2) is 12.3 Å². The van der Waals surface area contributed by atoms with Crippen molar-refractivity contribution in [2.45, 2.75) is 45.6 Å². The predicted molar refractivity (Wildman–Crippen MR) is 61.6 cm³/mol. The molecule has 1 fully saturated rings. The second kappa shape index (κ2) is 4.35. The Kier molecular flexibility index (Phi) is 3.10. The van der Waals surface area contributed by atoms with Crippen molar-refractivity contribution in [1.82, 2.24) is 15.5 Å². The zero-order chi connectivity index (χ0) is 10.7. The van der Waals surface area contributed by atoms with Crippen molar-refractivity contribution >= 4 is 0 Å². The molecule has 84 valence electrons. The lowest BCUT2D eigenvalue weighted by atomic mass is 9.88. The minimum Gasteiger partial charge on any atom is -0.308 e. The molecule has 1 aliphatic carbocycles. The first-order chi connectivity index (χ1) is 7.20. The largest absolute Gasteiger partial charge is 0.308 e. The fraction of sp³-hybridized carbons (Fsp3) is 0.750. The van der Waals surface area contributed by atoms with E-state index in [4.69, 9.17) is 0 Å². The van der Waals surface area contributed by atoms with Gasteiger partial charge in [-0.25, -0.2) is 0 Å². The number of hydrogen-bond acceptors (Lipinski definition) is 2. The number of aromatic amines is 1. The molecule has 0 bridgehead atoms. The summed E-state index contributed by atoms with van der Waals surface area (Å²) in [4.78, 5) is 0. The van der Waals surface area contributed by atoms with E-state index in [0.29, 0.717) is 11.5 Å². The molecule has 15 heavy (non-hydrogen) atoms. The molecule has 0 amide bonds. The number of hydrogen-bond donors (Lipinski definition) is 2. The topological polar surface area (TPSA) is 40.7 Å². The molecule has 1 aromatic rings. The van der Waals surface area contributed by atoms with Crippen LogP contribution < -0.4 is 5.32 Å². The summed E-state index contributed by atoms with van der Waals surface area (Å²) < 4.78 is 0. The van der Waals surface area contributed by atoms with Gasteiger partial charge < -0.3 is 5.32 Å². The van der Waals surface area contributed by atoms with Crippen LogP contribution in [0, 0.1) is 5.41 Å². The van der Waals surface area contributed by atoms with Gasteiger partial charge in [-0.1, -0.05) is 19.8 Å². The Bertz CT molecular complexity index is 286. The highest BCUT2D eigenvalue weighted by Gasteiger charge is 2.28. The van der Waals surface area contributed by atoms with Crippen molar-refractivity contribution in [3.8, 4) is 0 Å². The maximum absolute atomic E-state index is 3.98. The number of H-pyrrole nitrogens is 1. The quantitative estimate of drug-likeness (QED) is 0.797. The van der Waals surface area contributed by atoms with Gasteiger partial charge in [-0.2, -0.15) is 5.10 Å². The van der Waals surface area contributed by atoms with Crippen molar-refractivity contribution in [1.29, 1.82) is 0 Å². The number of nitrogens with zero attached hydrogens (tertiary/aromatic N) is 1. The van der Waals surface area contributed by atoms with Crippen molar-refractivity contribution in [2.75, 3.05) is 6.54 Å². The first-order valence-electron chi connectivity index (χ1n) is 5.92. The molecule has 0 radical (unpaired) electrons. The van der Waals surface area contributed by atoms with Crippen molar-refractivity contribution in [2.24, 2.45) is 5.41 Å². The lowest BCUT2D eigenvalue weighted by Gasteiger charge is -2.26. The monoisotopic (exact) mass is 207 g/mol. The van der Waals surface area contributed by atoms with Gasteiger partial charge in [-0.15, -0.1) is 0 Å². The van der Waals surface area contributed by atoms with Crippen LogP contribution in [0.2, 0.25) is 0 Å². The number of aromatic nitrogens is 2. The number of rotatable bonds is 4. The van der Waals surface area contributed by atoms with E-state index < -0.39 is 0 Å². The maximum Gasteiger partial charge on any atom is 0.0518 e. The summed E-state index contributed by atoms with van der Waals surface area (Å²) in [5.74, 6) is 0. The van der Waals surface area contributed by atoms with E-state index in [0.717, 1.165) is 6.54 Å². The van der Waals surface area contributed by atoms with Crippen LogP contribution in [-0.4, -0.2) is 16.7 Å². The summed E-state index contributed by atoms with van der Waals surface area (Å²) >= 11 is 0. The number of nitrogens with one attached hydrogen (secondary N) is 2. The first-order valence-corrected chi connectivity index (χ1v) is 5.92. The molecule has 2 rings (SSSR count). The Morgan fingerprint density at radius 3 is 2.87 bits per heavy atom. The third-order valence-electron chi connectivity index (χ3n) is 3.63. The van der Waals surface area contributed by atoms with Crippen LogP contribution in [0.3, 0.4) is 0 Å². The van der Waals surface area contributed by atoms with Crippen LogP contribution in [-0.2, 0) is 0 Å². The van der Waals surface area contributed by atoms with Gasteiger partial charge in [-0.3, -0.25) is 5.10 Å². The first kappa shape index (κ1) is 10.7. The summed E-state index contributed by atoms with van der Waals surface area (Å²) in [6.07, 6.45) is 7.35. The SMILES string of the molecule is CC(NCC1(C)CCCC1)c1ccn[nH]1. The maximum atomic E-state index is 3.98. The average Bonchev–Trinajstić information content (AvgIpc) is 2.85. The van der Waals surface area contributed by atoms with Crippen LogP contribution in [0.1, 0.15) is 51.3 Å². The predicted octanol–water partition coefficient (Wildman–Crippen LogP) is 2.64. The van der Waals surface area contributed by atoms with Crippen molar-refractivity contribution in [3.05, 3.63) is 18.0 Å². The fourth-order valence-electron chi connectivity index (χ4n) is 2.42. The van der Waals surface area contributed by atoms with E-state index >= 15 is 0 Å². The molecule has 2 N–H and O–H groups in total. The zero-order valence-electron chi connectivity index (χ0n) is 9.71. The van der Waals surface area contributed by atoms with E-state index in [1.165, 1.54) is 31.4 Å². The summed E-state index contributed by atoms with van der Waals surface area (Å²) in [7, 11) is 0. The highest BCUT2D eigenvalue weighted by atomic mass is 15.1. The molecule has 0 saturated heterocycles. The molecule has 0 aliphatic heterocycles. The summed E-state index contributed by atoms with van der Waals surface area (Å²) in [5, 5.41) is 10.6. The minimum absolute atomic E-state index is 0.380. The van der Waals surface area contributed by atoms with Crippen LogP contribution >= 0.6 is 0 Å². The van der Waals surface area contributed by atoms with Crippen molar-refractivity contribution < 1.29 is 0 Å². The van der Waals surface area contributed by atoms with E-state index in [1.54, 1.807) is 0 Å². The van der Waals surface area contributed by atoms with Gasteiger partial charge in [0, 0.05) is 18.8 Å². The van der Waals surface area contributed by atoms with Crippen LogP contribution in [0.4, 0.5) is 0 Å². The third kappa shape index (κ3) is 2.59. The molecule has 1 heterocycles. The van der Waals surface area contributed by atoms with Gasteiger partial charge >= 0.3 is 0 Å². The van der Waals surface area contributed by atoms with Gasteiger partial charge in [0.2, 0.25) is 0 Å². The van der Waals surface area contributed by atoms with Crippen LogP contribution in [0.5, 0.6) is 0 Å². The fourth-order valence-corrected chi connectivity index (χ4v) is 2.42. The van der Waals surface area contributed by atoms with E-state index in [1.807, 2.05) is 12.3 Å². The standard InChI is InChI=1S/C12H21N3/c1-10(11-5-8-14-15-11)13-9-12(2)6-3-4-7-12/h5,8,10,13H,3-4,6-7,9H2,1-2H3,(H,14,15). The lowest BCUT2D eigenvalue weighted by Crippen LogP contribution is -2.31. The minimum atomic E-state index is 0.380. The molecular formula is C12H21N3. The summed E-state index contributed by atoms with van der Waals surface area (Å²) in [6.45, 7) is 5.70. The second-order valence-electron chi connectivity index (χ2n) is 5.13. The van der Waals surface area contributed by atoms with E-state index in [-0.39, 0.29) is 0 Å². The molecule has 3 heteroatoms. The Hall–Kier alpha value is -0.830. The molecule has 1 saturated carbocycles. The molecule has 0 spiro atoms. The molecule has 1 unspecified atom stereocenters. The Balaban J connectivity index is 1.83. The normalized spacial score (nSPS) is 21.7. The Morgan fingerprint density at radius 1 is 1.53 bits per heavy atom.